The highest BCUT2D eigenvalue weighted by atomic mass is 19.2. The van der Waals surface area contributed by atoms with Crippen molar-refractivity contribution < 1.29 is 27.2 Å². The van der Waals surface area contributed by atoms with E-state index in [1.165, 1.54) is 35.1 Å². The van der Waals surface area contributed by atoms with Crippen molar-refractivity contribution in [3.63, 3.8) is 0 Å². The highest BCUT2D eigenvalue weighted by Gasteiger charge is 2.39. The van der Waals surface area contributed by atoms with Crippen molar-refractivity contribution in [2.45, 2.75) is 65.6 Å². The van der Waals surface area contributed by atoms with Crippen LogP contribution in [0.4, 0.5) is 17.6 Å². The molecule has 0 aliphatic carbocycles. The van der Waals surface area contributed by atoms with Gasteiger partial charge in [0.1, 0.15) is 12.1 Å². The zero-order valence-corrected chi connectivity index (χ0v) is 22.6. The van der Waals surface area contributed by atoms with Crippen molar-refractivity contribution >= 4 is 11.8 Å². The molecule has 2 heterocycles. The molecule has 1 N–H and O–H groups in total. The van der Waals surface area contributed by atoms with Crippen molar-refractivity contribution in [3.8, 4) is 11.1 Å². The Morgan fingerprint density at radius 2 is 1.62 bits per heavy atom. The summed E-state index contributed by atoms with van der Waals surface area (Å²) in [6.45, 7) is 9.97. The molecular weight excluding hydrogens is 514 g/mol. The quantitative estimate of drug-likeness (QED) is 0.309. The average Bonchev–Trinajstić information content (AvgIpc) is 3.62. The second-order valence-electron chi connectivity index (χ2n) is 9.46. The van der Waals surface area contributed by atoms with Crippen molar-refractivity contribution in [3.05, 3.63) is 71.6 Å². The number of hydrogen-bond donors (Lipinski definition) is 1. The van der Waals surface area contributed by atoms with Gasteiger partial charge >= 0.3 is 0 Å². The van der Waals surface area contributed by atoms with E-state index in [1.54, 1.807) is 18.0 Å². The maximum Gasteiger partial charge on any atom is 0.248 e. The number of aromatic nitrogens is 3. The lowest BCUT2D eigenvalue weighted by Gasteiger charge is -2.30. The van der Waals surface area contributed by atoms with Gasteiger partial charge in [0, 0.05) is 18.8 Å². The SMILES string of the molecule is CC.CC(NC(=O)C1CCCN1C(=O)C(C(C)C)n1ccnn1)c1ccc(-c2c(F)c(F)cc(F)c2F)cc1. The minimum Gasteiger partial charge on any atom is -0.348 e. The van der Waals surface area contributed by atoms with Crippen molar-refractivity contribution in [2.24, 2.45) is 5.92 Å². The topological polar surface area (TPSA) is 80.1 Å². The number of rotatable bonds is 7. The van der Waals surface area contributed by atoms with Gasteiger partial charge in [0.15, 0.2) is 23.3 Å². The summed E-state index contributed by atoms with van der Waals surface area (Å²) in [5.74, 6) is -6.55. The van der Waals surface area contributed by atoms with Gasteiger partial charge in [-0.2, -0.15) is 0 Å². The Bertz CT molecular complexity index is 1260. The van der Waals surface area contributed by atoms with E-state index in [0.29, 0.717) is 24.9 Å². The first-order valence-electron chi connectivity index (χ1n) is 13.0. The van der Waals surface area contributed by atoms with Gasteiger partial charge in [0.2, 0.25) is 11.8 Å². The predicted molar refractivity (Wildman–Crippen MR) is 138 cm³/mol. The van der Waals surface area contributed by atoms with Gasteiger partial charge in [-0.25, -0.2) is 22.2 Å². The Morgan fingerprint density at radius 3 is 2.15 bits per heavy atom. The number of amides is 2. The summed E-state index contributed by atoms with van der Waals surface area (Å²) in [6, 6.07) is 4.09. The summed E-state index contributed by atoms with van der Waals surface area (Å²) >= 11 is 0. The minimum atomic E-state index is -1.49. The highest BCUT2D eigenvalue weighted by Crippen LogP contribution is 2.31. The summed E-state index contributed by atoms with van der Waals surface area (Å²) in [5.41, 5.74) is -0.239. The standard InChI is InChI=1S/C26H27F4N5O2.C2H6/c1-14(2)24(35-12-10-31-33-35)26(37)34-11-4-5-20(34)25(36)32-15(3)16-6-8-17(9-7-16)21-22(29)18(27)13-19(28)23(21)30;1-2/h6-10,12-15,20,24H,4-5,11H2,1-3H3,(H,32,36);1-2H3. The predicted octanol–water partition coefficient (Wildman–Crippen LogP) is 5.59. The number of benzene rings is 2. The van der Waals surface area contributed by atoms with Gasteiger partial charge in [0.05, 0.1) is 17.8 Å². The number of nitrogens with one attached hydrogen (secondary N) is 1. The van der Waals surface area contributed by atoms with Crippen LogP contribution in [0.5, 0.6) is 0 Å². The summed E-state index contributed by atoms with van der Waals surface area (Å²) in [4.78, 5) is 28.1. The van der Waals surface area contributed by atoms with Gasteiger partial charge in [-0.05, 0) is 36.8 Å². The first-order valence-corrected chi connectivity index (χ1v) is 13.0. The van der Waals surface area contributed by atoms with E-state index in [9.17, 15) is 27.2 Å². The molecule has 210 valence electrons. The maximum absolute atomic E-state index is 14.2. The van der Waals surface area contributed by atoms with Crippen LogP contribution >= 0.6 is 0 Å². The third-order valence-corrected chi connectivity index (χ3v) is 6.62. The van der Waals surface area contributed by atoms with Crippen LogP contribution in [0.2, 0.25) is 0 Å². The summed E-state index contributed by atoms with van der Waals surface area (Å²) < 4.78 is 57.0. The average molecular weight is 548 g/mol. The van der Waals surface area contributed by atoms with E-state index >= 15 is 0 Å². The molecule has 7 nitrogen and oxygen atoms in total. The molecular formula is C28H33F4N5O2. The molecule has 3 atom stereocenters. The lowest BCUT2D eigenvalue weighted by molar-refractivity contribution is -0.142. The molecule has 0 spiro atoms. The zero-order valence-electron chi connectivity index (χ0n) is 22.6. The summed E-state index contributed by atoms with van der Waals surface area (Å²) in [6.07, 6.45) is 4.30. The Morgan fingerprint density at radius 1 is 1.00 bits per heavy atom. The van der Waals surface area contributed by atoms with Crippen LogP contribution in [0.15, 0.2) is 42.7 Å². The molecule has 39 heavy (non-hydrogen) atoms. The number of carbonyl (C=O) groups excluding carboxylic acids is 2. The zero-order chi connectivity index (χ0) is 28.9. The first-order chi connectivity index (χ1) is 18.6. The van der Waals surface area contributed by atoms with Gasteiger partial charge < -0.3 is 10.2 Å². The highest BCUT2D eigenvalue weighted by molar-refractivity contribution is 5.90. The molecule has 1 aliphatic heterocycles. The number of nitrogens with zero attached hydrogens (tertiary/aromatic N) is 4. The van der Waals surface area contributed by atoms with Crippen LogP contribution in [0.1, 0.15) is 65.1 Å². The fourth-order valence-electron chi connectivity index (χ4n) is 4.70. The molecule has 1 fully saturated rings. The van der Waals surface area contributed by atoms with E-state index < -0.39 is 47.0 Å². The third-order valence-electron chi connectivity index (χ3n) is 6.62. The summed E-state index contributed by atoms with van der Waals surface area (Å²) in [5, 5.41) is 10.6. The molecule has 3 unspecified atom stereocenters. The number of hydrogen-bond acceptors (Lipinski definition) is 4. The fourth-order valence-corrected chi connectivity index (χ4v) is 4.70. The molecule has 0 saturated carbocycles. The molecule has 3 aromatic rings. The number of likely N-dealkylation sites (tertiary alicyclic amines) is 1. The Kier molecular flexibility index (Phi) is 9.82. The normalized spacial score (nSPS) is 16.5. The van der Waals surface area contributed by atoms with E-state index in [4.69, 9.17) is 0 Å². The van der Waals surface area contributed by atoms with Crippen molar-refractivity contribution in [1.29, 1.82) is 0 Å². The van der Waals surface area contributed by atoms with E-state index in [-0.39, 0.29) is 29.4 Å². The Hall–Kier alpha value is -3.76. The summed E-state index contributed by atoms with van der Waals surface area (Å²) in [7, 11) is 0. The van der Waals surface area contributed by atoms with Crippen LogP contribution in [0, 0.1) is 29.2 Å². The monoisotopic (exact) mass is 547 g/mol. The molecule has 1 aliphatic rings. The van der Waals surface area contributed by atoms with Crippen LogP contribution < -0.4 is 5.32 Å². The van der Waals surface area contributed by atoms with Crippen LogP contribution in [0.25, 0.3) is 11.1 Å². The molecule has 11 heteroatoms. The second-order valence-corrected chi connectivity index (χ2v) is 9.46. The Balaban J connectivity index is 0.00000205. The first kappa shape index (κ1) is 29.8. The number of halogens is 4. The van der Waals surface area contributed by atoms with Crippen LogP contribution in [0.3, 0.4) is 0 Å². The molecule has 0 bridgehead atoms. The lowest BCUT2D eigenvalue weighted by Crippen LogP contribution is -2.49. The molecule has 4 rings (SSSR count). The minimum absolute atomic E-state index is 0.0453. The Labute approximate surface area is 225 Å². The van der Waals surface area contributed by atoms with Gasteiger partial charge in [-0.15, -0.1) is 5.10 Å². The van der Waals surface area contributed by atoms with Gasteiger partial charge in [0.25, 0.3) is 0 Å². The van der Waals surface area contributed by atoms with Gasteiger partial charge in [-0.1, -0.05) is 57.2 Å². The second kappa shape index (κ2) is 12.9. The van der Waals surface area contributed by atoms with E-state index in [2.05, 4.69) is 15.6 Å². The fraction of sp³-hybridized carbons (Fsp3) is 0.429. The number of carbonyl (C=O) groups is 2. The van der Waals surface area contributed by atoms with Gasteiger partial charge in [-0.3, -0.25) is 9.59 Å². The lowest BCUT2D eigenvalue weighted by atomic mass is 9.99. The van der Waals surface area contributed by atoms with Crippen molar-refractivity contribution in [2.75, 3.05) is 6.54 Å². The maximum atomic E-state index is 14.2. The van der Waals surface area contributed by atoms with Crippen LogP contribution in [-0.4, -0.2) is 44.3 Å². The molecule has 0 radical (unpaired) electrons. The van der Waals surface area contributed by atoms with Crippen molar-refractivity contribution in [1.82, 2.24) is 25.2 Å². The molecule has 1 aromatic heterocycles. The third kappa shape index (κ3) is 6.29. The van der Waals surface area contributed by atoms with Crippen LogP contribution in [-0.2, 0) is 9.59 Å². The molecule has 2 amide bonds. The van der Waals surface area contributed by atoms with E-state index in [0.717, 1.165) is 0 Å². The van der Waals surface area contributed by atoms with E-state index in [1.807, 2.05) is 27.7 Å². The molecule has 2 aromatic carbocycles. The largest absolute Gasteiger partial charge is 0.348 e. The molecule has 1 saturated heterocycles. The smallest absolute Gasteiger partial charge is 0.248 e.